The van der Waals surface area contributed by atoms with Gasteiger partial charge in [0.1, 0.15) is 28.5 Å². The van der Waals surface area contributed by atoms with E-state index in [2.05, 4.69) is 20.8 Å². The summed E-state index contributed by atoms with van der Waals surface area (Å²) in [6.45, 7) is 10.5. The maximum atomic E-state index is 16.2. The van der Waals surface area contributed by atoms with Crippen LogP contribution < -0.4 is 19.5 Å². The van der Waals surface area contributed by atoms with Crippen LogP contribution in [0.3, 0.4) is 0 Å². The minimum atomic E-state index is -4.67. The number of carbonyl (C=O) groups is 2. The number of thiazole rings is 1. The minimum Gasteiger partial charge on any atom is -0.497 e. The standard InChI is InChI=1S/C49H53N7O9S2/c1-48(2,3)64-41(57)27-34-19-26-38(39-11-10-12-40-43(39)50-46(66-40)51-47(58)65-49(4,5)6)42(45-52-53-54-56(45)30-33-17-24-37(63-9)25-18-33)44(34)67(59,60)55(28-31-13-20-35(61-7)21-14-31)29-32-15-22-36(62-8)23-16-32/h10-26H,27-30H2,1-9H3,(H,50,51,58). The average molecular weight is 948 g/mol. The Morgan fingerprint density at radius 1 is 0.701 bits per heavy atom. The van der Waals surface area contributed by atoms with Gasteiger partial charge in [-0.2, -0.15) is 4.31 Å². The van der Waals surface area contributed by atoms with Gasteiger partial charge in [0.2, 0.25) is 10.0 Å². The van der Waals surface area contributed by atoms with Crippen LogP contribution in [0.5, 0.6) is 17.2 Å². The van der Waals surface area contributed by atoms with Crippen LogP contribution in [0.25, 0.3) is 32.7 Å². The van der Waals surface area contributed by atoms with Crippen molar-refractivity contribution < 1.29 is 41.7 Å². The number of ether oxygens (including phenoxy) is 5. The molecule has 0 aliphatic carbocycles. The molecule has 0 spiro atoms. The van der Waals surface area contributed by atoms with Crippen molar-refractivity contribution in [3.05, 3.63) is 125 Å². The highest BCUT2D eigenvalue weighted by Crippen LogP contribution is 2.44. The normalized spacial score (nSPS) is 12.0. The largest absolute Gasteiger partial charge is 0.497 e. The lowest BCUT2D eigenvalue weighted by molar-refractivity contribution is -0.153. The second-order valence-corrected chi connectivity index (χ2v) is 20.4. The number of hydrogen-bond acceptors (Lipinski definition) is 14. The van der Waals surface area contributed by atoms with Crippen molar-refractivity contribution >= 4 is 48.8 Å². The van der Waals surface area contributed by atoms with Gasteiger partial charge in [0.15, 0.2) is 11.0 Å². The molecule has 2 heterocycles. The molecule has 18 heteroatoms. The van der Waals surface area contributed by atoms with E-state index in [1.807, 2.05) is 42.5 Å². The van der Waals surface area contributed by atoms with Gasteiger partial charge in [-0.15, -0.1) is 5.10 Å². The van der Waals surface area contributed by atoms with Gasteiger partial charge in [-0.1, -0.05) is 72.0 Å². The smallest absolute Gasteiger partial charge is 0.413 e. The number of tetrazole rings is 1. The zero-order chi connectivity index (χ0) is 48.1. The van der Waals surface area contributed by atoms with Crippen molar-refractivity contribution in [1.82, 2.24) is 29.5 Å². The average Bonchev–Trinajstić information content (AvgIpc) is 3.91. The fourth-order valence-corrected chi connectivity index (χ4v) is 9.97. The zero-order valence-electron chi connectivity index (χ0n) is 38.8. The number of hydrogen-bond donors (Lipinski definition) is 1. The van der Waals surface area contributed by atoms with Crippen LogP contribution in [-0.4, -0.2) is 82.5 Å². The third-order valence-corrected chi connectivity index (χ3v) is 13.0. The predicted octanol–water partition coefficient (Wildman–Crippen LogP) is 9.31. The van der Waals surface area contributed by atoms with E-state index >= 15 is 8.42 Å². The second kappa shape index (κ2) is 19.9. The number of sulfonamides is 1. The Balaban J connectivity index is 1.51. The summed E-state index contributed by atoms with van der Waals surface area (Å²) in [5.41, 5.74) is 2.15. The Morgan fingerprint density at radius 2 is 1.25 bits per heavy atom. The van der Waals surface area contributed by atoms with Gasteiger partial charge in [-0.05, 0) is 122 Å². The van der Waals surface area contributed by atoms with Crippen molar-refractivity contribution in [2.24, 2.45) is 0 Å². The minimum absolute atomic E-state index is 0.0773. The number of para-hydroxylation sites is 1. The third kappa shape index (κ3) is 11.7. The van der Waals surface area contributed by atoms with Crippen molar-refractivity contribution in [3.63, 3.8) is 0 Å². The van der Waals surface area contributed by atoms with Gasteiger partial charge >= 0.3 is 12.1 Å². The quantitative estimate of drug-likeness (QED) is 0.0905. The number of methoxy groups -OCH3 is 3. The van der Waals surface area contributed by atoms with Gasteiger partial charge in [-0.3, -0.25) is 10.1 Å². The van der Waals surface area contributed by atoms with E-state index in [9.17, 15) is 9.59 Å². The topological polar surface area (TPSA) is 186 Å². The summed E-state index contributed by atoms with van der Waals surface area (Å²) in [6, 6.07) is 30.5. The summed E-state index contributed by atoms with van der Waals surface area (Å²) in [4.78, 5) is 31.5. The second-order valence-electron chi connectivity index (χ2n) is 17.5. The maximum absolute atomic E-state index is 16.2. The first-order chi connectivity index (χ1) is 31.8. The summed E-state index contributed by atoms with van der Waals surface area (Å²) in [7, 11) is 0.0247. The first kappa shape index (κ1) is 48.1. The number of rotatable bonds is 16. The highest BCUT2D eigenvalue weighted by molar-refractivity contribution is 7.89. The molecule has 0 radical (unpaired) electrons. The summed E-state index contributed by atoms with van der Waals surface area (Å²) >= 11 is 1.23. The van der Waals surface area contributed by atoms with Crippen LogP contribution in [0.15, 0.2) is 108 Å². The summed E-state index contributed by atoms with van der Waals surface area (Å²) in [6.07, 6.45) is -1.09. The molecule has 1 amide bonds. The third-order valence-electron chi connectivity index (χ3n) is 10.2. The molecule has 7 aromatic rings. The van der Waals surface area contributed by atoms with Crippen LogP contribution >= 0.6 is 11.3 Å². The van der Waals surface area contributed by atoms with Gasteiger partial charge < -0.3 is 23.7 Å². The van der Waals surface area contributed by atoms with Crippen LogP contribution in [-0.2, 0) is 50.3 Å². The molecule has 7 rings (SSSR count). The number of esters is 1. The first-order valence-electron chi connectivity index (χ1n) is 21.3. The molecule has 2 aromatic heterocycles. The molecule has 0 saturated carbocycles. The van der Waals surface area contributed by atoms with E-state index in [0.29, 0.717) is 49.7 Å². The number of carbonyl (C=O) groups excluding carboxylic acids is 2. The monoisotopic (exact) mass is 947 g/mol. The number of anilines is 1. The Hall–Kier alpha value is -6.89. The summed E-state index contributed by atoms with van der Waals surface area (Å²) < 4.78 is 63.5. The lowest BCUT2D eigenvalue weighted by Crippen LogP contribution is -2.32. The molecule has 16 nitrogen and oxygen atoms in total. The van der Waals surface area contributed by atoms with E-state index in [1.54, 1.807) is 124 Å². The number of benzene rings is 5. The van der Waals surface area contributed by atoms with Crippen LogP contribution in [0.4, 0.5) is 9.93 Å². The molecule has 0 unspecified atom stereocenters. The number of nitrogens with zero attached hydrogens (tertiary/aromatic N) is 6. The van der Waals surface area contributed by atoms with Crippen molar-refractivity contribution in [2.45, 2.75) is 83.7 Å². The summed E-state index contributed by atoms with van der Waals surface area (Å²) in [5.74, 6) is 1.32. The van der Waals surface area contributed by atoms with Crippen LogP contribution in [0.1, 0.15) is 63.8 Å². The molecule has 0 aliphatic heterocycles. The molecule has 0 saturated heterocycles. The molecule has 0 atom stereocenters. The van der Waals surface area contributed by atoms with Gasteiger partial charge in [0, 0.05) is 24.2 Å². The molecule has 5 aromatic carbocycles. The van der Waals surface area contributed by atoms with E-state index in [1.165, 1.54) is 20.3 Å². The molecule has 67 heavy (non-hydrogen) atoms. The molecule has 1 N–H and O–H groups in total. The fourth-order valence-electron chi connectivity index (χ4n) is 7.27. The van der Waals surface area contributed by atoms with Crippen LogP contribution in [0, 0.1) is 0 Å². The zero-order valence-corrected chi connectivity index (χ0v) is 40.5. The van der Waals surface area contributed by atoms with Gasteiger partial charge in [0.05, 0.1) is 49.4 Å². The molecule has 0 aliphatic rings. The number of amides is 1. The van der Waals surface area contributed by atoms with Crippen molar-refractivity contribution in [1.29, 1.82) is 0 Å². The van der Waals surface area contributed by atoms with Gasteiger partial charge in [0.25, 0.3) is 0 Å². The lowest BCUT2D eigenvalue weighted by atomic mass is 9.95. The van der Waals surface area contributed by atoms with Crippen molar-refractivity contribution in [2.75, 3.05) is 26.6 Å². The number of nitrogens with one attached hydrogen (secondary N) is 1. The van der Waals surface area contributed by atoms with Crippen molar-refractivity contribution in [3.8, 4) is 39.8 Å². The highest BCUT2D eigenvalue weighted by atomic mass is 32.2. The SMILES string of the molecule is COc1ccc(CN(Cc2ccc(OC)cc2)S(=O)(=O)c2c(CC(=O)OC(C)(C)C)ccc(-c3cccc4sc(NC(=O)OC(C)(C)C)nc34)c2-c2nnnn2Cc2ccc(OC)cc2)cc1. The number of fused-ring (bicyclic) bond motifs is 1. The molecule has 0 fully saturated rings. The summed E-state index contributed by atoms with van der Waals surface area (Å²) in [5, 5.41) is 16.1. The van der Waals surface area contributed by atoms with E-state index in [-0.39, 0.29) is 46.6 Å². The number of aromatic nitrogens is 5. The Kier molecular flexibility index (Phi) is 14.3. The molecule has 0 bridgehead atoms. The van der Waals surface area contributed by atoms with Crippen LogP contribution in [0.2, 0.25) is 0 Å². The fraction of sp³-hybridized carbons (Fsp3) is 0.306. The molecule has 350 valence electrons. The Morgan fingerprint density at radius 3 is 1.79 bits per heavy atom. The van der Waals surface area contributed by atoms with E-state index in [4.69, 9.17) is 28.7 Å². The predicted molar refractivity (Wildman–Crippen MR) is 256 cm³/mol. The van der Waals surface area contributed by atoms with E-state index < -0.39 is 39.7 Å². The van der Waals surface area contributed by atoms with Gasteiger partial charge in [-0.25, -0.2) is 22.9 Å². The van der Waals surface area contributed by atoms with E-state index in [0.717, 1.165) is 5.56 Å². The Bertz CT molecular complexity index is 2930. The lowest BCUT2D eigenvalue weighted by Gasteiger charge is -2.27. The highest BCUT2D eigenvalue weighted by Gasteiger charge is 2.36. The molecular weight excluding hydrogens is 895 g/mol. The molecular formula is C49H53N7O9S2. The first-order valence-corrected chi connectivity index (χ1v) is 23.5. The Labute approximate surface area is 393 Å². The maximum Gasteiger partial charge on any atom is 0.413 e.